The smallest absolute Gasteiger partial charge is 0.278 e. The van der Waals surface area contributed by atoms with Crippen LogP contribution in [-0.2, 0) is 9.59 Å². The molecule has 2 heterocycles. The molecule has 6 N–H and O–H groups in total. The van der Waals surface area contributed by atoms with Crippen LogP contribution in [-0.4, -0.2) is 59.3 Å². The molecule has 2 saturated heterocycles. The van der Waals surface area contributed by atoms with Crippen LogP contribution in [0.2, 0.25) is 0 Å². The van der Waals surface area contributed by atoms with Gasteiger partial charge in [-0.2, -0.15) is 0 Å². The van der Waals surface area contributed by atoms with Gasteiger partial charge in [0, 0.05) is 23.6 Å². The fourth-order valence-electron chi connectivity index (χ4n) is 5.95. The third kappa shape index (κ3) is 5.97. The van der Waals surface area contributed by atoms with Gasteiger partial charge in [-0.3, -0.25) is 9.59 Å². The zero-order chi connectivity index (χ0) is 25.5. The number of nitrogens with one attached hydrogen (secondary N) is 1. The van der Waals surface area contributed by atoms with Gasteiger partial charge in [-0.25, -0.2) is 0 Å². The summed E-state index contributed by atoms with van der Waals surface area (Å²) in [4.78, 5) is 28.6. The Kier molecular flexibility index (Phi) is 9.13. The molecule has 0 radical (unpaired) electrons. The van der Waals surface area contributed by atoms with E-state index in [4.69, 9.17) is 0 Å². The lowest BCUT2D eigenvalue weighted by molar-refractivity contribution is -0.756. The second-order valence-electron chi connectivity index (χ2n) is 10.2. The van der Waals surface area contributed by atoms with E-state index in [1.54, 1.807) is 0 Å². The number of hydrogen-bond acceptors (Lipinski definition) is 3. The van der Waals surface area contributed by atoms with Crippen molar-refractivity contribution in [1.82, 2.24) is 10.2 Å². The molecule has 7 nitrogen and oxygen atoms in total. The topological polar surface area (TPSA) is 103 Å². The highest BCUT2D eigenvalue weighted by Crippen LogP contribution is 2.32. The lowest BCUT2D eigenvalue weighted by atomic mass is 9.97. The van der Waals surface area contributed by atoms with Gasteiger partial charge in [-0.05, 0) is 25.7 Å². The third-order valence-corrected chi connectivity index (χ3v) is 7.98. The summed E-state index contributed by atoms with van der Waals surface area (Å²) in [6, 6.07) is 19.4. The summed E-state index contributed by atoms with van der Waals surface area (Å²) >= 11 is 0. The minimum Gasteiger partial charge on any atom is -0.343 e. The number of quaternary nitrogens is 2. The highest BCUT2D eigenvalue weighted by atomic mass is 16.3. The first-order valence-corrected chi connectivity index (χ1v) is 13.6. The van der Waals surface area contributed by atoms with Crippen molar-refractivity contribution < 1.29 is 25.3 Å². The van der Waals surface area contributed by atoms with Gasteiger partial charge in [0.2, 0.25) is 12.1 Å². The molecule has 0 unspecified atom stereocenters. The molecule has 0 spiro atoms. The molecule has 2 aromatic rings. The molecule has 2 amide bonds. The van der Waals surface area contributed by atoms with Crippen LogP contribution in [0.25, 0.3) is 0 Å². The first kappa shape index (κ1) is 26.3. The van der Waals surface area contributed by atoms with E-state index >= 15 is 0 Å². The first-order chi connectivity index (χ1) is 17.5. The predicted molar refractivity (Wildman–Crippen MR) is 139 cm³/mol. The van der Waals surface area contributed by atoms with E-state index in [9.17, 15) is 14.7 Å². The van der Waals surface area contributed by atoms with Crippen LogP contribution in [0.3, 0.4) is 0 Å². The molecular formula is C29H42N4O3+2. The van der Waals surface area contributed by atoms with Crippen LogP contribution in [0, 0.1) is 0 Å². The van der Waals surface area contributed by atoms with Gasteiger partial charge in [0.05, 0.1) is 7.05 Å². The normalized spacial score (nSPS) is 24.1. The summed E-state index contributed by atoms with van der Waals surface area (Å²) in [5.74, 6) is -0.114. The Morgan fingerprint density at radius 1 is 1.00 bits per heavy atom. The molecule has 7 heteroatoms. The van der Waals surface area contributed by atoms with Crippen molar-refractivity contribution >= 4 is 11.8 Å². The van der Waals surface area contributed by atoms with Crippen LogP contribution < -0.4 is 16.0 Å². The third-order valence-electron chi connectivity index (χ3n) is 7.98. The van der Waals surface area contributed by atoms with E-state index in [0.717, 1.165) is 43.2 Å². The maximum atomic E-state index is 13.8. The second kappa shape index (κ2) is 12.5. The molecule has 2 aliphatic heterocycles. The van der Waals surface area contributed by atoms with Crippen molar-refractivity contribution in [2.24, 2.45) is 0 Å². The number of nitrogens with two attached hydrogens (primary N) is 2. The van der Waals surface area contributed by atoms with Crippen molar-refractivity contribution in [3.8, 4) is 0 Å². The van der Waals surface area contributed by atoms with Crippen LogP contribution >= 0.6 is 0 Å². The Bertz CT molecular complexity index is 943. The number of likely N-dealkylation sites (N-methyl/N-ethyl adjacent to an activating group) is 1. The van der Waals surface area contributed by atoms with Crippen LogP contribution in [0.5, 0.6) is 0 Å². The van der Waals surface area contributed by atoms with Crippen LogP contribution in [0.15, 0.2) is 60.7 Å². The zero-order valence-electron chi connectivity index (χ0n) is 21.6. The largest absolute Gasteiger partial charge is 0.343 e. The SMILES string of the molecule is CC[C@H]([NH2+]C)C(=O)N[C@H]1CCCC[C@H]2CC[C@@H]([C@@H](O)[NH2+]C(c3ccccc3)c3ccccc3)N2C1=O. The van der Waals surface area contributed by atoms with Gasteiger partial charge >= 0.3 is 0 Å². The lowest BCUT2D eigenvalue weighted by Crippen LogP contribution is -2.94. The summed E-state index contributed by atoms with van der Waals surface area (Å²) in [6.07, 6.45) is 5.17. The quantitative estimate of drug-likeness (QED) is 0.392. The number of carbonyl (C=O) groups excluding carboxylic acids is 2. The summed E-state index contributed by atoms with van der Waals surface area (Å²) in [5, 5.41) is 18.5. The Morgan fingerprint density at radius 2 is 1.61 bits per heavy atom. The number of aliphatic hydroxyl groups is 1. The minimum atomic E-state index is -0.771. The maximum absolute atomic E-state index is 13.8. The van der Waals surface area contributed by atoms with Gasteiger partial charge in [0.1, 0.15) is 18.1 Å². The van der Waals surface area contributed by atoms with Gasteiger partial charge < -0.3 is 26.0 Å². The Hall–Kier alpha value is -2.74. The number of nitrogens with zero attached hydrogens (tertiary/aromatic N) is 1. The zero-order valence-corrected chi connectivity index (χ0v) is 21.6. The fourth-order valence-corrected chi connectivity index (χ4v) is 5.95. The van der Waals surface area contributed by atoms with Gasteiger partial charge in [-0.1, -0.05) is 80.4 Å². The Morgan fingerprint density at radius 3 is 2.19 bits per heavy atom. The van der Waals surface area contributed by atoms with Gasteiger partial charge in [0.25, 0.3) is 5.91 Å². The lowest BCUT2D eigenvalue weighted by Gasteiger charge is -2.37. The van der Waals surface area contributed by atoms with E-state index in [-0.39, 0.29) is 36.0 Å². The molecule has 5 atom stereocenters. The number of rotatable bonds is 9. The molecule has 0 bridgehead atoms. The number of benzene rings is 2. The molecule has 194 valence electrons. The molecule has 0 aliphatic carbocycles. The summed E-state index contributed by atoms with van der Waals surface area (Å²) in [7, 11) is 1.89. The Labute approximate surface area is 214 Å². The van der Waals surface area contributed by atoms with E-state index < -0.39 is 12.3 Å². The maximum Gasteiger partial charge on any atom is 0.278 e. The molecule has 2 aliphatic rings. The summed E-state index contributed by atoms with van der Waals surface area (Å²) in [6.45, 7) is 1.98. The molecule has 2 fully saturated rings. The monoisotopic (exact) mass is 494 g/mol. The molecule has 0 saturated carbocycles. The average molecular weight is 495 g/mol. The fraction of sp³-hybridized carbons (Fsp3) is 0.517. The minimum absolute atomic E-state index is 0.0371. The first-order valence-electron chi connectivity index (χ1n) is 13.6. The second-order valence-corrected chi connectivity index (χ2v) is 10.2. The number of aliphatic hydroxyl groups excluding tert-OH is 1. The number of carbonyl (C=O) groups is 2. The van der Waals surface area contributed by atoms with Crippen molar-refractivity contribution in [3.05, 3.63) is 71.8 Å². The standard InChI is InChI=1S/C29H40N4O3/c1-3-23(30-2)27(34)31-24-17-11-10-16-22-18-19-25(33(22)29(24)36)28(35)32-26(20-12-6-4-7-13-20)21-14-8-5-9-15-21/h4-9,12-15,22-26,28,30,32,35H,3,10-11,16-19H2,1-2H3,(H,31,34)/p+2/t22-,23-,24-,25-,28+/m0/s1. The molecular weight excluding hydrogens is 452 g/mol. The molecule has 2 aromatic carbocycles. The van der Waals surface area contributed by atoms with E-state index in [0.29, 0.717) is 12.8 Å². The van der Waals surface area contributed by atoms with Crippen molar-refractivity contribution in [2.75, 3.05) is 7.05 Å². The van der Waals surface area contributed by atoms with Crippen LogP contribution in [0.1, 0.15) is 69.0 Å². The number of amides is 2. The highest BCUT2D eigenvalue weighted by Gasteiger charge is 2.46. The van der Waals surface area contributed by atoms with Crippen molar-refractivity contribution in [1.29, 1.82) is 0 Å². The number of fused-ring (bicyclic) bond motifs is 1. The molecule has 0 aromatic heterocycles. The van der Waals surface area contributed by atoms with Gasteiger partial charge in [-0.15, -0.1) is 0 Å². The van der Waals surface area contributed by atoms with E-state index in [1.807, 2.05) is 65.9 Å². The van der Waals surface area contributed by atoms with Crippen molar-refractivity contribution in [3.63, 3.8) is 0 Å². The Balaban J connectivity index is 1.54. The van der Waals surface area contributed by atoms with Crippen molar-refractivity contribution in [2.45, 2.75) is 88.3 Å². The molecule has 4 rings (SSSR count). The van der Waals surface area contributed by atoms with Crippen LogP contribution in [0.4, 0.5) is 0 Å². The van der Waals surface area contributed by atoms with E-state index in [1.165, 1.54) is 0 Å². The summed E-state index contributed by atoms with van der Waals surface area (Å²) < 4.78 is 0. The van der Waals surface area contributed by atoms with E-state index in [2.05, 4.69) is 29.6 Å². The number of hydrogen-bond donors (Lipinski definition) is 4. The summed E-state index contributed by atoms with van der Waals surface area (Å²) in [5.41, 5.74) is 2.23. The van der Waals surface area contributed by atoms with Gasteiger partial charge in [0.15, 0.2) is 6.04 Å². The predicted octanol–water partition coefficient (Wildman–Crippen LogP) is 1.05. The highest BCUT2D eigenvalue weighted by molar-refractivity contribution is 5.89. The average Bonchev–Trinajstić information content (AvgIpc) is 3.33. The molecule has 36 heavy (non-hydrogen) atoms.